The fourth-order valence-corrected chi connectivity index (χ4v) is 2.03. The van der Waals surface area contributed by atoms with Gasteiger partial charge in [-0.05, 0) is 34.1 Å². The van der Waals surface area contributed by atoms with Gasteiger partial charge >= 0.3 is 0 Å². The first-order valence-electron chi connectivity index (χ1n) is 5.05. The molecule has 1 amide bonds. The van der Waals surface area contributed by atoms with Crippen molar-refractivity contribution in [1.29, 1.82) is 0 Å². The van der Waals surface area contributed by atoms with E-state index in [1.54, 1.807) is 0 Å². The van der Waals surface area contributed by atoms with E-state index in [1.165, 1.54) is 30.5 Å². The average molecular weight is 364 g/mol. The molecule has 0 aliphatic heterocycles. The largest absolute Gasteiger partial charge is 0.319 e. The van der Waals surface area contributed by atoms with Crippen molar-refractivity contribution in [2.24, 2.45) is 0 Å². The maximum Gasteiger partial charge on any atom is 0.258 e. The zero-order valence-corrected chi connectivity index (χ0v) is 12.4. The number of anilines is 1. The molecule has 2 rings (SSSR count). The lowest BCUT2D eigenvalue weighted by atomic mass is 10.2. The Morgan fingerprint density at radius 1 is 1.37 bits per heavy atom. The van der Waals surface area contributed by atoms with Gasteiger partial charge < -0.3 is 5.32 Å². The second-order valence-corrected chi connectivity index (χ2v) is 5.14. The van der Waals surface area contributed by atoms with Gasteiger partial charge in [0.05, 0.1) is 21.3 Å². The van der Waals surface area contributed by atoms with Crippen molar-refractivity contribution in [3.05, 3.63) is 56.5 Å². The highest BCUT2D eigenvalue weighted by Crippen LogP contribution is 2.25. The van der Waals surface area contributed by atoms with Gasteiger partial charge in [-0.1, -0.05) is 29.3 Å². The topological polar surface area (TPSA) is 42.0 Å². The van der Waals surface area contributed by atoms with Gasteiger partial charge in [-0.2, -0.15) is 0 Å². The maximum absolute atomic E-state index is 13.7. The molecule has 1 heterocycles. The molecule has 1 aromatic carbocycles. The first kappa shape index (κ1) is 14.2. The number of carbonyl (C=O) groups excluding carboxylic acids is 1. The lowest BCUT2D eigenvalue weighted by Crippen LogP contribution is -2.14. The second-order valence-electron chi connectivity index (χ2n) is 3.55. The van der Waals surface area contributed by atoms with Crippen LogP contribution in [-0.2, 0) is 0 Å². The standard InChI is InChI=1S/C12H6BrCl2FN2O/c13-11-9(4-6(14)5-17-11)18-12(19)7-2-1-3-8(15)10(7)16/h1-5H,(H,18,19). The quantitative estimate of drug-likeness (QED) is 0.795. The van der Waals surface area contributed by atoms with Crippen LogP contribution in [0.25, 0.3) is 0 Å². The molecule has 19 heavy (non-hydrogen) atoms. The van der Waals surface area contributed by atoms with Crippen molar-refractivity contribution >= 4 is 50.7 Å². The SMILES string of the molecule is O=C(Nc1cc(Cl)cnc1Br)c1cccc(Cl)c1F. The van der Waals surface area contributed by atoms with Crippen LogP contribution in [-0.4, -0.2) is 10.9 Å². The van der Waals surface area contributed by atoms with E-state index in [-0.39, 0.29) is 10.6 Å². The number of benzene rings is 1. The molecule has 0 fully saturated rings. The zero-order chi connectivity index (χ0) is 14.0. The van der Waals surface area contributed by atoms with Gasteiger partial charge in [-0.3, -0.25) is 4.79 Å². The van der Waals surface area contributed by atoms with Crippen LogP contribution in [0.5, 0.6) is 0 Å². The summed E-state index contributed by atoms with van der Waals surface area (Å²) in [7, 11) is 0. The summed E-state index contributed by atoms with van der Waals surface area (Å²) in [6, 6.07) is 5.69. The van der Waals surface area contributed by atoms with Crippen molar-refractivity contribution in [1.82, 2.24) is 4.98 Å². The number of rotatable bonds is 2. The van der Waals surface area contributed by atoms with E-state index in [0.29, 0.717) is 15.3 Å². The van der Waals surface area contributed by atoms with E-state index >= 15 is 0 Å². The average Bonchev–Trinajstić information content (AvgIpc) is 2.37. The molecule has 0 spiro atoms. The number of carbonyl (C=O) groups is 1. The molecule has 0 radical (unpaired) electrons. The van der Waals surface area contributed by atoms with Gasteiger partial charge in [-0.25, -0.2) is 9.37 Å². The van der Waals surface area contributed by atoms with E-state index in [0.717, 1.165) is 0 Å². The Balaban J connectivity index is 2.31. The second kappa shape index (κ2) is 5.86. The number of halogens is 4. The minimum Gasteiger partial charge on any atom is -0.319 e. The highest BCUT2D eigenvalue weighted by Gasteiger charge is 2.15. The van der Waals surface area contributed by atoms with Gasteiger partial charge in [0, 0.05) is 6.20 Å². The smallest absolute Gasteiger partial charge is 0.258 e. The normalized spacial score (nSPS) is 10.3. The van der Waals surface area contributed by atoms with Crippen LogP contribution in [0.4, 0.5) is 10.1 Å². The fourth-order valence-electron chi connectivity index (χ4n) is 1.38. The Bertz CT molecular complexity index is 652. The third-order valence-corrected chi connectivity index (χ3v) is 3.38. The summed E-state index contributed by atoms with van der Waals surface area (Å²) in [6.07, 6.45) is 1.42. The van der Waals surface area contributed by atoms with Gasteiger partial charge in [-0.15, -0.1) is 0 Å². The summed E-state index contributed by atoms with van der Waals surface area (Å²) in [5, 5.41) is 2.74. The van der Waals surface area contributed by atoms with Gasteiger partial charge in [0.15, 0.2) is 5.82 Å². The number of nitrogens with one attached hydrogen (secondary N) is 1. The number of aromatic nitrogens is 1. The van der Waals surface area contributed by atoms with Crippen molar-refractivity contribution in [3.8, 4) is 0 Å². The molecule has 0 unspecified atom stereocenters. The van der Waals surface area contributed by atoms with E-state index in [4.69, 9.17) is 23.2 Å². The first-order chi connectivity index (χ1) is 8.99. The Morgan fingerprint density at radius 2 is 2.11 bits per heavy atom. The van der Waals surface area contributed by atoms with Crippen LogP contribution in [0.2, 0.25) is 10.0 Å². The van der Waals surface area contributed by atoms with Gasteiger partial charge in [0.1, 0.15) is 4.60 Å². The maximum atomic E-state index is 13.7. The van der Waals surface area contributed by atoms with Crippen molar-refractivity contribution in [2.45, 2.75) is 0 Å². The van der Waals surface area contributed by atoms with Crippen LogP contribution in [0.15, 0.2) is 35.1 Å². The monoisotopic (exact) mass is 362 g/mol. The molecule has 1 aromatic heterocycles. The molecule has 0 aliphatic carbocycles. The molecule has 98 valence electrons. The van der Waals surface area contributed by atoms with E-state index in [1.807, 2.05) is 0 Å². The molecule has 0 saturated heterocycles. The molecule has 2 aromatic rings. The summed E-state index contributed by atoms with van der Waals surface area (Å²) >= 11 is 14.6. The zero-order valence-electron chi connectivity index (χ0n) is 9.25. The summed E-state index contributed by atoms with van der Waals surface area (Å²) in [4.78, 5) is 15.9. The Labute approximate surface area is 126 Å². The van der Waals surface area contributed by atoms with E-state index in [9.17, 15) is 9.18 Å². The molecule has 0 saturated carbocycles. The Kier molecular flexibility index (Phi) is 4.39. The van der Waals surface area contributed by atoms with Crippen LogP contribution in [0.3, 0.4) is 0 Å². The predicted octanol–water partition coefficient (Wildman–Crippen LogP) is 4.54. The molecule has 7 heteroatoms. The van der Waals surface area contributed by atoms with Crippen LogP contribution >= 0.6 is 39.1 Å². The highest BCUT2D eigenvalue weighted by atomic mass is 79.9. The first-order valence-corrected chi connectivity index (χ1v) is 6.60. The molecule has 1 N–H and O–H groups in total. The predicted molar refractivity (Wildman–Crippen MR) is 76.3 cm³/mol. The number of amides is 1. The van der Waals surface area contributed by atoms with E-state index < -0.39 is 11.7 Å². The van der Waals surface area contributed by atoms with Crippen molar-refractivity contribution in [3.63, 3.8) is 0 Å². The number of hydrogen-bond donors (Lipinski definition) is 1. The number of hydrogen-bond acceptors (Lipinski definition) is 2. The third-order valence-electron chi connectivity index (χ3n) is 2.25. The lowest BCUT2D eigenvalue weighted by Gasteiger charge is -2.08. The van der Waals surface area contributed by atoms with Crippen LogP contribution < -0.4 is 5.32 Å². The van der Waals surface area contributed by atoms with Crippen molar-refractivity contribution in [2.75, 3.05) is 5.32 Å². The van der Waals surface area contributed by atoms with Gasteiger partial charge in [0.25, 0.3) is 5.91 Å². The molecule has 0 aliphatic rings. The molecular weight excluding hydrogens is 358 g/mol. The lowest BCUT2D eigenvalue weighted by molar-refractivity contribution is 0.102. The molecule has 3 nitrogen and oxygen atoms in total. The Morgan fingerprint density at radius 3 is 2.84 bits per heavy atom. The highest BCUT2D eigenvalue weighted by molar-refractivity contribution is 9.10. The summed E-state index contributed by atoms with van der Waals surface area (Å²) in [6.45, 7) is 0. The number of nitrogens with zero attached hydrogens (tertiary/aromatic N) is 1. The summed E-state index contributed by atoms with van der Waals surface area (Å²) < 4.78 is 14.1. The van der Waals surface area contributed by atoms with Crippen LogP contribution in [0, 0.1) is 5.82 Å². The summed E-state index contributed by atoms with van der Waals surface area (Å²) in [5.74, 6) is -1.41. The van der Waals surface area contributed by atoms with Gasteiger partial charge in [0.2, 0.25) is 0 Å². The fraction of sp³-hybridized carbons (Fsp3) is 0. The molecule has 0 bridgehead atoms. The minimum absolute atomic E-state index is 0.115. The third kappa shape index (κ3) is 3.23. The molecule has 0 atom stereocenters. The molecular formula is C12H6BrCl2FN2O. The Hall–Kier alpha value is -1.17. The summed E-state index contributed by atoms with van der Waals surface area (Å²) in [5.41, 5.74) is 0.191. The van der Waals surface area contributed by atoms with Crippen LogP contribution in [0.1, 0.15) is 10.4 Å². The van der Waals surface area contributed by atoms with E-state index in [2.05, 4.69) is 26.2 Å². The van der Waals surface area contributed by atoms with Crippen molar-refractivity contribution < 1.29 is 9.18 Å². The minimum atomic E-state index is -0.771. The number of pyridine rings is 1.